The number of rotatable bonds is 9. The van der Waals surface area contributed by atoms with Gasteiger partial charge in [-0.1, -0.05) is 6.08 Å². The fourth-order valence-corrected chi connectivity index (χ4v) is 2.94. The zero-order valence-corrected chi connectivity index (χ0v) is 16.0. The van der Waals surface area contributed by atoms with Crippen LogP contribution in [0.2, 0.25) is 0 Å². The Kier molecular flexibility index (Phi) is 7.61. The topological polar surface area (TPSA) is 130 Å². The van der Waals surface area contributed by atoms with Crippen LogP contribution in [0.15, 0.2) is 54.0 Å². The van der Waals surface area contributed by atoms with Gasteiger partial charge < -0.3 is 24.8 Å². The number of phenols is 1. The first kappa shape index (κ1) is 21.5. The number of carbonyl (C=O) groups excluding carboxylic acids is 1. The zero-order chi connectivity index (χ0) is 20.7. The van der Waals surface area contributed by atoms with E-state index in [0.29, 0.717) is 6.42 Å². The molecule has 1 aliphatic rings. The lowest BCUT2D eigenvalue weighted by Gasteiger charge is -2.22. The predicted molar refractivity (Wildman–Crippen MR) is 100 cm³/mol. The number of ketones is 1. The minimum atomic E-state index is -2.47. The van der Waals surface area contributed by atoms with Crippen molar-refractivity contribution in [2.24, 2.45) is 5.92 Å². The first-order chi connectivity index (χ1) is 13.3. The molecule has 1 aromatic carbocycles. The lowest BCUT2D eigenvalue weighted by Crippen LogP contribution is -2.23. The molecule has 3 N–H and O–H groups in total. The average molecular weight is 408 g/mol. The quantitative estimate of drug-likeness (QED) is 0.246. The minimum Gasteiger partial charge on any atom is -0.511 e. The molecule has 0 heterocycles. The van der Waals surface area contributed by atoms with E-state index in [1.165, 1.54) is 49.6 Å². The summed E-state index contributed by atoms with van der Waals surface area (Å²) in [4.78, 5) is 12.2. The average Bonchev–Trinajstić information content (AvgIpc) is 2.64. The minimum absolute atomic E-state index is 0.00471. The van der Waals surface area contributed by atoms with Gasteiger partial charge in [0.15, 0.2) is 17.3 Å². The SMILES string of the molecule is COc1ccc(C(=O)C=CC2C(O)=CC(OCCCP(=O)=O)=CC2O)cc1O. The molecular weight excluding hydrogens is 387 g/mol. The van der Waals surface area contributed by atoms with Crippen molar-refractivity contribution in [2.75, 3.05) is 19.9 Å². The van der Waals surface area contributed by atoms with Gasteiger partial charge in [-0.2, -0.15) is 0 Å². The van der Waals surface area contributed by atoms with Crippen molar-refractivity contribution in [1.29, 1.82) is 0 Å². The van der Waals surface area contributed by atoms with Crippen molar-refractivity contribution in [3.05, 3.63) is 59.6 Å². The Hall–Kier alpha value is -2.83. The second-order valence-corrected chi connectivity index (χ2v) is 7.14. The summed E-state index contributed by atoms with van der Waals surface area (Å²) in [6.07, 6.45) is 4.41. The standard InChI is InChI=1S/C19H21O8P/c1-26-19-6-3-12(9-18(19)23)15(20)5-4-14-16(21)10-13(11-17(14)22)27-7-2-8-28(24)25/h3-6,9-11,14,16,21-23H,2,7-8H2,1H3. The number of methoxy groups -OCH3 is 1. The number of aromatic hydroxyl groups is 1. The lowest BCUT2D eigenvalue weighted by atomic mass is 9.93. The number of carbonyl (C=O) groups is 1. The maximum atomic E-state index is 12.2. The summed E-state index contributed by atoms with van der Waals surface area (Å²) >= 11 is 0. The third-order valence-electron chi connectivity index (χ3n) is 4.01. The summed E-state index contributed by atoms with van der Waals surface area (Å²) in [7, 11) is -1.07. The molecule has 2 atom stereocenters. The van der Waals surface area contributed by atoms with Gasteiger partial charge in [0.05, 0.1) is 31.9 Å². The summed E-state index contributed by atoms with van der Waals surface area (Å²) in [6.45, 7) is 0.131. The molecule has 2 rings (SSSR count). The van der Waals surface area contributed by atoms with Crippen LogP contribution >= 0.6 is 7.68 Å². The smallest absolute Gasteiger partial charge is 0.315 e. The molecule has 8 nitrogen and oxygen atoms in total. The highest BCUT2D eigenvalue weighted by Gasteiger charge is 2.24. The van der Waals surface area contributed by atoms with Gasteiger partial charge in [0, 0.05) is 11.6 Å². The van der Waals surface area contributed by atoms with Crippen molar-refractivity contribution in [1.82, 2.24) is 0 Å². The van der Waals surface area contributed by atoms with Crippen LogP contribution in [0.3, 0.4) is 0 Å². The van der Waals surface area contributed by atoms with Crippen LogP contribution in [0.1, 0.15) is 16.8 Å². The van der Waals surface area contributed by atoms with Crippen LogP contribution in [-0.4, -0.2) is 47.1 Å². The fraction of sp³-hybridized carbons (Fsp3) is 0.316. The second-order valence-electron chi connectivity index (χ2n) is 6.02. The van der Waals surface area contributed by atoms with Gasteiger partial charge in [0.25, 0.3) is 0 Å². The third kappa shape index (κ3) is 5.84. The molecule has 1 aliphatic carbocycles. The summed E-state index contributed by atoms with van der Waals surface area (Å²) in [6, 6.07) is 4.21. The number of benzene rings is 1. The highest BCUT2D eigenvalue weighted by atomic mass is 31.1. The lowest BCUT2D eigenvalue weighted by molar-refractivity contribution is 0.104. The number of aliphatic hydroxyl groups excluding tert-OH is 2. The molecule has 9 heteroatoms. The monoisotopic (exact) mass is 408 g/mol. The van der Waals surface area contributed by atoms with E-state index in [9.17, 15) is 29.2 Å². The Balaban J connectivity index is 1.99. The molecule has 0 saturated heterocycles. The van der Waals surface area contributed by atoms with Crippen LogP contribution in [0.25, 0.3) is 0 Å². The number of phenolic OH excluding ortho intramolecular Hbond substituents is 1. The van der Waals surface area contributed by atoms with Gasteiger partial charge >= 0.3 is 7.68 Å². The molecule has 2 unspecified atom stereocenters. The molecule has 0 amide bonds. The van der Waals surface area contributed by atoms with E-state index in [1.807, 2.05) is 0 Å². The molecule has 28 heavy (non-hydrogen) atoms. The summed E-state index contributed by atoms with van der Waals surface area (Å²) in [5.74, 6) is -1.16. The Morgan fingerprint density at radius 2 is 2.04 bits per heavy atom. The third-order valence-corrected chi connectivity index (χ3v) is 4.69. The van der Waals surface area contributed by atoms with Gasteiger partial charge in [-0.25, -0.2) is 9.13 Å². The molecule has 0 aromatic heterocycles. The van der Waals surface area contributed by atoms with Crippen LogP contribution in [0.5, 0.6) is 11.5 Å². The van der Waals surface area contributed by atoms with Gasteiger partial charge in [-0.15, -0.1) is 0 Å². The molecule has 0 aliphatic heterocycles. The number of hydrogen-bond acceptors (Lipinski definition) is 8. The van der Waals surface area contributed by atoms with E-state index in [2.05, 4.69) is 0 Å². The van der Waals surface area contributed by atoms with Gasteiger partial charge in [-0.3, -0.25) is 4.79 Å². The van der Waals surface area contributed by atoms with Crippen molar-refractivity contribution >= 4 is 13.5 Å². The van der Waals surface area contributed by atoms with E-state index in [1.54, 1.807) is 0 Å². The van der Waals surface area contributed by atoms with Crippen molar-refractivity contribution in [3.8, 4) is 11.5 Å². The fourth-order valence-electron chi connectivity index (χ4n) is 2.55. The van der Waals surface area contributed by atoms with E-state index in [0.717, 1.165) is 0 Å². The molecular formula is C19H21O8P. The van der Waals surface area contributed by atoms with Crippen molar-refractivity contribution in [2.45, 2.75) is 12.5 Å². The zero-order valence-electron chi connectivity index (χ0n) is 15.1. The molecule has 0 radical (unpaired) electrons. The molecule has 150 valence electrons. The molecule has 0 saturated carbocycles. The number of aliphatic hydroxyl groups is 2. The molecule has 0 bridgehead atoms. The Morgan fingerprint density at radius 1 is 1.29 bits per heavy atom. The van der Waals surface area contributed by atoms with Crippen LogP contribution in [-0.2, 0) is 13.9 Å². The summed E-state index contributed by atoms with van der Waals surface area (Å²) in [5.41, 5.74) is 0.222. The Labute approximate surface area is 162 Å². The highest BCUT2D eigenvalue weighted by Crippen LogP contribution is 2.28. The van der Waals surface area contributed by atoms with E-state index in [-0.39, 0.29) is 41.3 Å². The van der Waals surface area contributed by atoms with Gasteiger partial charge in [0.1, 0.15) is 11.5 Å². The number of ether oxygens (including phenoxy) is 2. The first-order valence-corrected chi connectivity index (χ1v) is 9.82. The van der Waals surface area contributed by atoms with E-state index >= 15 is 0 Å². The largest absolute Gasteiger partial charge is 0.511 e. The highest BCUT2D eigenvalue weighted by molar-refractivity contribution is 7.30. The normalized spacial score (nSPS) is 19.1. The van der Waals surface area contributed by atoms with E-state index < -0.39 is 25.5 Å². The number of hydrogen-bond donors (Lipinski definition) is 3. The maximum absolute atomic E-state index is 12.2. The summed E-state index contributed by atoms with van der Waals surface area (Å²) in [5, 5.41) is 30.0. The molecule has 0 fully saturated rings. The van der Waals surface area contributed by atoms with Gasteiger partial charge in [0.2, 0.25) is 0 Å². The summed E-state index contributed by atoms with van der Waals surface area (Å²) < 4.78 is 31.2. The van der Waals surface area contributed by atoms with Crippen LogP contribution in [0.4, 0.5) is 0 Å². The second kappa shape index (κ2) is 9.92. The molecule has 0 spiro atoms. The predicted octanol–water partition coefficient (Wildman–Crippen LogP) is 3.04. The van der Waals surface area contributed by atoms with Crippen LogP contribution in [0, 0.1) is 5.92 Å². The Bertz CT molecular complexity index is 874. The van der Waals surface area contributed by atoms with Crippen molar-refractivity contribution in [3.63, 3.8) is 0 Å². The maximum Gasteiger partial charge on any atom is 0.315 e. The first-order valence-electron chi connectivity index (χ1n) is 8.46. The van der Waals surface area contributed by atoms with Gasteiger partial charge in [-0.05, 0) is 36.8 Å². The van der Waals surface area contributed by atoms with Crippen molar-refractivity contribution < 1.29 is 38.7 Å². The Morgan fingerprint density at radius 3 is 2.64 bits per heavy atom. The number of allylic oxidation sites excluding steroid dienone is 2. The van der Waals surface area contributed by atoms with Crippen LogP contribution < -0.4 is 4.74 Å². The van der Waals surface area contributed by atoms with E-state index in [4.69, 9.17) is 9.47 Å². The molecule has 1 aromatic rings.